The number of carbonyl (C=O) groups is 1. The van der Waals surface area contributed by atoms with Crippen LogP contribution in [0.15, 0.2) is 36.5 Å². The van der Waals surface area contributed by atoms with Crippen molar-refractivity contribution < 1.29 is 4.79 Å². The lowest BCUT2D eigenvalue weighted by molar-refractivity contribution is 0.0997. The van der Waals surface area contributed by atoms with E-state index in [0.29, 0.717) is 11.7 Å². The molecule has 0 unspecified atom stereocenters. The number of anilines is 3. The van der Waals surface area contributed by atoms with Crippen molar-refractivity contribution in [2.75, 3.05) is 10.6 Å². The molecule has 30 heavy (non-hydrogen) atoms. The fraction of sp³-hybridized carbons (Fsp3) is 0.348. The number of aryl methyl sites for hydroxylation is 2. The highest BCUT2D eigenvalue weighted by molar-refractivity contribution is 7.19. The van der Waals surface area contributed by atoms with Gasteiger partial charge in [0.25, 0.3) is 5.91 Å². The quantitative estimate of drug-likeness (QED) is 0.495. The first-order chi connectivity index (χ1) is 14.5. The Morgan fingerprint density at radius 1 is 1.10 bits per heavy atom. The molecule has 0 saturated heterocycles. The van der Waals surface area contributed by atoms with Gasteiger partial charge in [0.05, 0.1) is 0 Å². The maximum atomic E-state index is 12.0. The van der Waals surface area contributed by atoms with E-state index in [1.165, 1.54) is 41.7 Å². The van der Waals surface area contributed by atoms with Crippen molar-refractivity contribution in [2.24, 2.45) is 5.73 Å². The van der Waals surface area contributed by atoms with E-state index in [2.05, 4.69) is 52.6 Å². The Hall–Kier alpha value is -2.93. The number of thiazole rings is 1. The number of pyridine rings is 1. The zero-order valence-corrected chi connectivity index (χ0v) is 18.2. The smallest absolute Gasteiger partial charge is 0.270 e. The van der Waals surface area contributed by atoms with Gasteiger partial charge < -0.3 is 16.4 Å². The van der Waals surface area contributed by atoms with Crippen molar-refractivity contribution in [3.05, 3.63) is 53.3 Å². The number of carbonyl (C=O) groups excluding carboxylic acids is 1. The van der Waals surface area contributed by atoms with Crippen LogP contribution in [-0.4, -0.2) is 21.9 Å². The van der Waals surface area contributed by atoms with Crippen LogP contribution >= 0.6 is 11.3 Å². The number of hydrogen-bond acceptors (Lipinski definition) is 6. The van der Waals surface area contributed by atoms with Crippen LogP contribution < -0.4 is 16.4 Å². The third-order valence-corrected chi connectivity index (χ3v) is 6.34. The molecular weight excluding hydrogens is 394 g/mol. The number of aromatic nitrogens is 2. The maximum Gasteiger partial charge on any atom is 0.270 e. The lowest BCUT2D eigenvalue weighted by atomic mass is 9.96. The zero-order valence-electron chi connectivity index (χ0n) is 17.4. The molecule has 1 aliphatic rings. The molecule has 0 bridgehead atoms. The van der Waals surface area contributed by atoms with E-state index in [0.717, 1.165) is 39.9 Å². The Morgan fingerprint density at radius 3 is 2.53 bits per heavy atom. The summed E-state index contributed by atoms with van der Waals surface area (Å²) in [6, 6.07) is 10.5. The van der Waals surface area contributed by atoms with Crippen molar-refractivity contribution in [3.63, 3.8) is 0 Å². The molecule has 3 aromatic rings. The van der Waals surface area contributed by atoms with Crippen LogP contribution in [0.25, 0.3) is 10.6 Å². The molecule has 4 N–H and O–H groups in total. The molecule has 0 spiro atoms. The third kappa shape index (κ3) is 4.79. The summed E-state index contributed by atoms with van der Waals surface area (Å²) < 4.78 is 0. The van der Waals surface area contributed by atoms with Gasteiger partial charge in [-0.2, -0.15) is 0 Å². The standard InChI is InChI=1S/C23H27N5OS/c1-14-10-15(2)12-18(11-14)26-19-13-16(8-9-25-19)22-28-20(21(24)29)23(30-22)27-17-6-4-3-5-7-17/h8-13,17,27H,3-7H2,1-2H3,(H2,24,29)(H,25,26). The highest BCUT2D eigenvalue weighted by atomic mass is 32.1. The first-order valence-corrected chi connectivity index (χ1v) is 11.2. The molecule has 1 saturated carbocycles. The molecule has 0 atom stereocenters. The van der Waals surface area contributed by atoms with E-state index in [9.17, 15) is 4.79 Å². The number of nitrogens with zero attached hydrogens (tertiary/aromatic N) is 2. The average molecular weight is 422 g/mol. The van der Waals surface area contributed by atoms with Crippen LogP contribution in [0.3, 0.4) is 0 Å². The van der Waals surface area contributed by atoms with Gasteiger partial charge in [-0.15, -0.1) is 0 Å². The van der Waals surface area contributed by atoms with Crippen molar-refractivity contribution in [2.45, 2.75) is 52.0 Å². The number of nitrogens with one attached hydrogen (secondary N) is 2. The molecule has 156 valence electrons. The summed E-state index contributed by atoms with van der Waals surface area (Å²) in [5.74, 6) is 0.230. The van der Waals surface area contributed by atoms with E-state index >= 15 is 0 Å². The van der Waals surface area contributed by atoms with Crippen LogP contribution in [-0.2, 0) is 0 Å². The molecule has 7 heteroatoms. The van der Waals surface area contributed by atoms with Gasteiger partial charge in [-0.3, -0.25) is 4.79 Å². The van der Waals surface area contributed by atoms with Crippen molar-refractivity contribution in [3.8, 4) is 10.6 Å². The minimum absolute atomic E-state index is 0.321. The predicted octanol–water partition coefficient (Wildman–Crippen LogP) is 5.41. The van der Waals surface area contributed by atoms with Gasteiger partial charge in [-0.25, -0.2) is 9.97 Å². The Kier molecular flexibility index (Phi) is 5.99. The van der Waals surface area contributed by atoms with Crippen molar-refractivity contribution >= 4 is 33.8 Å². The summed E-state index contributed by atoms with van der Waals surface area (Å²) in [6.45, 7) is 4.15. The monoisotopic (exact) mass is 421 g/mol. The lowest BCUT2D eigenvalue weighted by Crippen LogP contribution is -2.23. The minimum Gasteiger partial charge on any atom is -0.372 e. The first kappa shape index (κ1) is 20.3. The van der Waals surface area contributed by atoms with E-state index < -0.39 is 5.91 Å². The first-order valence-electron chi connectivity index (χ1n) is 10.4. The van der Waals surface area contributed by atoms with Gasteiger partial charge in [0.1, 0.15) is 15.8 Å². The predicted molar refractivity (Wildman–Crippen MR) is 124 cm³/mol. The van der Waals surface area contributed by atoms with E-state index in [4.69, 9.17) is 5.73 Å². The molecule has 1 aromatic carbocycles. The third-order valence-electron chi connectivity index (χ3n) is 5.30. The SMILES string of the molecule is Cc1cc(C)cc(Nc2cc(-c3nc(C(N)=O)c(NC4CCCCC4)s3)ccn2)c1. The minimum atomic E-state index is -0.501. The van der Waals surface area contributed by atoms with Crippen LogP contribution in [0.2, 0.25) is 0 Å². The topological polar surface area (TPSA) is 92.9 Å². The molecule has 1 aliphatic carbocycles. The molecule has 4 rings (SSSR count). The Bertz CT molecular complexity index is 1040. The number of primary amides is 1. The Balaban J connectivity index is 1.59. The van der Waals surface area contributed by atoms with Gasteiger partial charge >= 0.3 is 0 Å². The molecule has 1 fully saturated rings. The fourth-order valence-corrected chi connectivity index (χ4v) is 5.01. The molecule has 1 amide bonds. The van der Waals surface area contributed by atoms with E-state index in [-0.39, 0.29) is 0 Å². The zero-order chi connectivity index (χ0) is 21.1. The summed E-state index contributed by atoms with van der Waals surface area (Å²) in [6.07, 6.45) is 7.69. The van der Waals surface area contributed by atoms with Crippen molar-refractivity contribution in [1.82, 2.24) is 9.97 Å². The molecule has 0 radical (unpaired) electrons. The second-order valence-corrected chi connectivity index (χ2v) is 8.97. The summed E-state index contributed by atoms with van der Waals surface area (Å²) in [4.78, 5) is 21.0. The highest BCUT2D eigenvalue weighted by Gasteiger charge is 2.21. The molecule has 2 heterocycles. The Labute approximate surface area is 181 Å². The van der Waals surface area contributed by atoms with Gasteiger partial charge in [-0.1, -0.05) is 36.7 Å². The largest absolute Gasteiger partial charge is 0.372 e. The maximum absolute atomic E-state index is 12.0. The summed E-state index contributed by atoms with van der Waals surface area (Å²) in [7, 11) is 0. The van der Waals surface area contributed by atoms with Crippen LogP contribution in [0.4, 0.5) is 16.5 Å². The number of hydrogen-bond donors (Lipinski definition) is 3. The Morgan fingerprint density at radius 2 is 1.83 bits per heavy atom. The lowest BCUT2D eigenvalue weighted by Gasteiger charge is -2.23. The normalized spacial score (nSPS) is 14.5. The van der Waals surface area contributed by atoms with Crippen LogP contribution in [0.1, 0.15) is 53.7 Å². The number of amides is 1. The average Bonchev–Trinajstić information content (AvgIpc) is 3.12. The van der Waals surface area contributed by atoms with Gasteiger partial charge in [0.15, 0.2) is 5.69 Å². The second kappa shape index (κ2) is 8.83. The van der Waals surface area contributed by atoms with Crippen LogP contribution in [0.5, 0.6) is 0 Å². The number of nitrogens with two attached hydrogens (primary N) is 1. The van der Waals surface area contributed by atoms with Gasteiger partial charge in [0.2, 0.25) is 0 Å². The molecule has 0 aliphatic heterocycles. The molecule has 2 aromatic heterocycles. The van der Waals surface area contributed by atoms with Gasteiger partial charge in [-0.05, 0) is 62.1 Å². The molecular formula is C23H27N5OS. The summed E-state index contributed by atoms with van der Waals surface area (Å²) in [5.41, 5.74) is 10.2. The molecule has 6 nitrogen and oxygen atoms in total. The van der Waals surface area contributed by atoms with Crippen molar-refractivity contribution in [1.29, 1.82) is 0 Å². The van der Waals surface area contributed by atoms with Gasteiger partial charge in [0, 0.05) is 23.5 Å². The van der Waals surface area contributed by atoms with E-state index in [1.807, 2.05) is 12.1 Å². The van der Waals surface area contributed by atoms with Crippen LogP contribution in [0, 0.1) is 13.8 Å². The fourth-order valence-electron chi connectivity index (χ4n) is 3.97. The van der Waals surface area contributed by atoms with E-state index in [1.54, 1.807) is 6.20 Å². The second-order valence-electron chi connectivity index (χ2n) is 7.97. The number of benzene rings is 1. The summed E-state index contributed by atoms with van der Waals surface area (Å²) >= 11 is 1.48. The highest BCUT2D eigenvalue weighted by Crippen LogP contribution is 2.35. The number of rotatable bonds is 6. The summed E-state index contributed by atoms with van der Waals surface area (Å²) in [5, 5.41) is 8.40.